The van der Waals surface area contributed by atoms with E-state index in [1.165, 1.54) is 12.1 Å². The highest BCUT2D eigenvalue weighted by molar-refractivity contribution is 5.93. The predicted octanol–water partition coefficient (Wildman–Crippen LogP) is 0.443. The molecule has 116 valence electrons. The summed E-state index contributed by atoms with van der Waals surface area (Å²) in [5, 5.41) is 14.0. The molecule has 0 saturated carbocycles. The summed E-state index contributed by atoms with van der Waals surface area (Å²) in [4.78, 5) is 31.4. The summed E-state index contributed by atoms with van der Waals surface area (Å²) in [7, 11) is 1.87. The van der Waals surface area contributed by atoms with Crippen LogP contribution in [0.4, 0.5) is 5.82 Å². The third kappa shape index (κ3) is 2.46. The lowest BCUT2D eigenvalue weighted by atomic mass is 10.1. The molecular formula is C13H16N6O3. The second kappa shape index (κ2) is 5.60. The topological polar surface area (TPSA) is 109 Å². The van der Waals surface area contributed by atoms with Crippen molar-refractivity contribution in [2.75, 3.05) is 19.6 Å². The Labute approximate surface area is 126 Å². The first kappa shape index (κ1) is 14.3. The summed E-state index contributed by atoms with van der Waals surface area (Å²) in [5.74, 6) is 0.330. The van der Waals surface area contributed by atoms with Crippen LogP contribution in [-0.2, 0) is 7.05 Å². The highest BCUT2D eigenvalue weighted by atomic mass is 16.6. The number of nitrogens with one attached hydrogen (secondary N) is 2. The largest absolute Gasteiger partial charge is 0.358 e. The average molecular weight is 304 g/mol. The van der Waals surface area contributed by atoms with E-state index >= 15 is 0 Å². The molecule has 3 rings (SSSR count). The summed E-state index contributed by atoms with van der Waals surface area (Å²) in [5.41, 5.74) is 0.216. The third-order valence-corrected chi connectivity index (χ3v) is 3.76. The number of H-pyrrole nitrogens is 1. The molecule has 1 saturated heterocycles. The number of rotatable bonds is 3. The number of hydrogen-bond donors (Lipinski definition) is 2. The summed E-state index contributed by atoms with van der Waals surface area (Å²) in [6, 6.07) is 2.53. The van der Waals surface area contributed by atoms with Crippen molar-refractivity contribution in [3.8, 4) is 0 Å². The standard InChI is InChI=1S/C13H16N6O3/c1-17-6-5-15-12(17)10-8-14-4-7-18(10)13(20)9-2-3-11(16-9)19(21)22/h2-3,5-6,10,14,16H,4,7-8H2,1H3. The van der Waals surface area contributed by atoms with Gasteiger partial charge in [-0.1, -0.05) is 0 Å². The van der Waals surface area contributed by atoms with Crippen molar-refractivity contribution in [1.29, 1.82) is 0 Å². The van der Waals surface area contributed by atoms with Crippen molar-refractivity contribution in [3.63, 3.8) is 0 Å². The number of carbonyl (C=O) groups is 1. The van der Waals surface area contributed by atoms with Gasteiger partial charge in [-0.25, -0.2) is 9.97 Å². The second-order valence-corrected chi connectivity index (χ2v) is 5.13. The van der Waals surface area contributed by atoms with E-state index in [0.717, 1.165) is 5.82 Å². The number of amides is 1. The fraction of sp³-hybridized carbons (Fsp3) is 0.385. The number of nitrogens with zero attached hydrogens (tertiary/aromatic N) is 4. The second-order valence-electron chi connectivity index (χ2n) is 5.13. The number of aromatic amines is 1. The molecule has 1 aliphatic heterocycles. The molecule has 1 amide bonds. The number of aromatic nitrogens is 3. The minimum absolute atomic E-state index is 0.188. The Kier molecular flexibility index (Phi) is 3.63. The molecule has 9 heteroatoms. The molecule has 0 aromatic carbocycles. The molecular weight excluding hydrogens is 288 g/mol. The molecule has 0 aliphatic carbocycles. The summed E-state index contributed by atoms with van der Waals surface area (Å²) < 4.78 is 1.87. The normalized spacial score (nSPS) is 18.4. The van der Waals surface area contributed by atoms with Crippen LogP contribution >= 0.6 is 0 Å². The molecule has 1 atom stereocenters. The van der Waals surface area contributed by atoms with Gasteiger partial charge < -0.3 is 24.9 Å². The van der Waals surface area contributed by atoms with E-state index in [0.29, 0.717) is 19.6 Å². The molecule has 9 nitrogen and oxygen atoms in total. The Morgan fingerprint density at radius 2 is 2.32 bits per heavy atom. The molecule has 1 aliphatic rings. The SMILES string of the molecule is Cn1ccnc1C1CNCCN1C(=O)c1ccc([N+](=O)[O-])[nH]1. The van der Waals surface area contributed by atoms with Crippen LogP contribution < -0.4 is 5.32 Å². The van der Waals surface area contributed by atoms with Crippen LogP contribution in [0.2, 0.25) is 0 Å². The van der Waals surface area contributed by atoms with Crippen molar-refractivity contribution >= 4 is 11.7 Å². The van der Waals surface area contributed by atoms with Gasteiger partial charge in [0.2, 0.25) is 0 Å². The minimum Gasteiger partial charge on any atom is -0.358 e. The molecule has 22 heavy (non-hydrogen) atoms. The Morgan fingerprint density at radius 1 is 1.50 bits per heavy atom. The molecule has 2 aromatic heterocycles. The van der Waals surface area contributed by atoms with Crippen LogP contribution in [-0.4, -0.2) is 49.9 Å². The Morgan fingerprint density at radius 3 is 2.95 bits per heavy atom. The Balaban J connectivity index is 1.88. The van der Waals surface area contributed by atoms with Gasteiger partial charge in [0, 0.05) is 45.1 Å². The Bertz CT molecular complexity index is 706. The smallest absolute Gasteiger partial charge is 0.321 e. The van der Waals surface area contributed by atoms with Crippen LogP contribution in [0.3, 0.4) is 0 Å². The minimum atomic E-state index is -0.551. The molecule has 0 bridgehead atoms. The molecule has 1 unspecified atom stereocenters. The molecule has 3 heterocycles. The summed E-state index contributed by atoms with van der Waals surface area (Å²) in [6.07, 6.45) is 3.51. The van der Waals surface area contributed by atoms with Gasteiger partial charge in [0.15, 0.2) is 5.69 Å². The van der Waals surface area contributed by atoms with Crippen LogP contribution in [0.5, 0.6) is 0 Å². The zero-order valence-electron chi connectivity index (χ0n) is 12.0. The van der Waals surface area contributed by atoms with Gasteiger partial charge in [-0.05, 0) is 11.0 Å². The van der Waals surface area contributed by atoms with Crippen molar-refractivity contribution in [2.45, 2.75) is 6.04 Å². The number of aryl methyl sites for hydroxylation is 1. The van der Waals surface area contributed by atoms with Gasteiger partial charge in [-0.2, -0.15) is 0 Å². The van der Waals surface area contributed by atoms with Crippen LogP contribution in [0, 0.1) is 10.1 Å². The maximum absolute atomic E-state index is 12.7. The van der Waals surface area contributed by atoms with E-state index < -0.39 is 4.92 Å². The van der Waals surface area contributed by atoms with Gasteiger partial charge in [0.1, 0.15) is 11.9 Å². The fourth-order valence-corrected chi connectivity index (χ4v) is 2.65. The number of piperazine rings is 1. The third-order valence-electron chi connectivity index (χ3n) is 3.76. The van der Waals surface area contributed by atoms with Crippen LogP contribution in [0.25, 0.3) is 0 Å². The summed E-state index contributed by atoms with van der Waals surface area (Å²) in [6.45, 7) is 1.79. The lowest BCUT2D eigenvalue weighted by molar-refractivity contribution is -0.389. The first-order chi connectivity index (χ1) is 10.6. The van der Waals surface area contributed by atoms with E-state index in [-0.39, 0.29) is 23.5 Å². The number of imidazole rings is 1. The molecule has 2 aromatic rings. The van der Waals surface area contributed by atoms with Gasteiger partial charge in [-0.15, -0.1) is 0 Å². The first-order valence-electron chi connectivity index (χ1n) is 6.90. The van der Waals surface area contributed by atoms with Crippen molar-refractivity contribution in [3.05, 3.63) is 46.2 Å². The Hall–Kier alpha value is -2.68. The van der Waals surface area contributed by atoms with Gasteiger partial charge in [0.25, 0.3) is 5.91 Å². The lowest BCUT2D eigenvalue weighted by Gasteiger charge is -2.35. The maximum Gasteiger partial charge on any atom is 0.321 e. The van der Waals surface area contributed by atoms with E-state index in [9.17, 15) is 14.9 Å². The molecule has 0 spiro atoms. The molecule has 2 N–H and O–H groups in total. The maximum atomic E-state index is 12.7. The average Bonchev–Trinajstić information content (AvgIpc) is 3.15. The lowest BCUT2D eigenvalue weighted by Crippen LogP contribution is -2.49. The molecule has 1 fully saturated rings. The van der Waals surface area contributed by atoms with E-state index in [1.54, 1.807) is 11.1 Å². The van der Waals surface area contributed by atoms with Gasteiger partial charge in [0.05, 0.1) is 0 Å². The molecule has 0 radical (unpaired) electrons. The van der Waals surface area contributed by atoms with Gasteiger partial charge >= 0.3 is 5.82 Å². The quantitative estimate of drug-likeness (QED) is 0.632. The first-order valence-corrected chi connectivity index (χ1v) is 6.90. The zero-order chi connectivity index (χ0) is 15.7. The number of nitro groups is 1. The van der Waals surface area contributed by atoms with E-state index in [1.807, 2.05) is 17.8 Å². The number of hydrogen-bond acceptors (Lipinski definition) is 5. The monoisotopic (exact) mass is 304 g/mol. The van der Waals surface area contributed by atoms with Crippen molar-refractivity contribution < 1.29 is 9.72 Å². The highest BCUT2D eigenvalue weighted by Crippen LogP contribution is 2.23. The van der Waals surface area contributed by atoms with Crippen molar-refractivity contribution in [2.24, 2.45) is 7.05 Å². The van der Waals surface area contributed by atoms with Crippen LogP contribution in [0.15, 0.2) is 24.5 Å². The van der Waals surface area contributed by atoms with Gasteiger partial charge in [-0.3, -0.25) is 4.79 Å². The van der Waals surface area contributed by atoms with Crippen LogP contribution in [0.1, 0.15) is 22.4 Å². The predicted molar refractivity (Wildman–Crippen MR) is 77.3 cm³/mol. The van der Waals surface area contributed by atoms with E-state index in [2.05, 4.69) is 15.3 Å². The number of carbonyl (C=O) groups excluding carboxylic acids is 1. The van der Waals surface area contributed by atoms with E-state index in [4.69, 9.17) is 0 Å². The van der Waals surface area contributed by atoms with Crippen molar-refractivity contribution in [1.82, 2.24) is 24.8 Å². The zero-order valence-corrected chi connectivity index (χ0v) is 12.0. The fourth-order valence-electron chi connectivity index (χ4n) is 2.65. The summed E-state index contributed by atoms with van der Waals surface area (Å²) >= 11 is 0. The highest BCUT2D eigenvalue weighted by Gasteiger charge is 2.33.